The van der Waals surface area contributed by atoms with E-state index in [9.17, 15) is 0 Å². The maximum Gasteiger partial charge on any atom is 0.230 e. The predicted molar refractivity (Wildman–Crippen MR) is 138 cm³/mol. The minimum atomic E-state index is 0.200. The number of nitrogens with zero attached hydrogens (tertiary/aromatic N) is 3. The van der Waals surface area contributed by atoms with Crippen molar-refractivity contribution in [3.8, 4) is 0 Å². The van der Waals surface area contributed by atoms with Gasteiger partial charge in [0.15, 0.2) is 0 Å². The van der Waals surface area contributed by atoms with E-state index < -0.39 is 0 Å². The highest BCUT2D eigenvalue weighted by Gasteiger charge is 2.32. The third kappa shape index (κ3) is 6.20. The lowest BCUT2D eigenvalue weighted by Crippen LogP contribution is -2.44. The van der Waals surface area contributed by atoms with E-state index in [0.29, 0.717) is 25.0 Å². The van der Waals surface area contributed by atoms with Crippen molar-refractivity contribution in [2.45, 2.75) is 77.0 Å². The van der Waals surface area contributed by atoms with Gasteiger partial charge >= 0.3 is 0 Å². The van der Waals surface area contributed by atoms with Crippen LogP contribution in [0.2, 0.25) is 0 Å². The molecule has 1 saturated carbocycles. The van der Waals surface area contributed by atoms with Gasteiger partial charge in [0.2, 0.25) is 11.8 Å². The summed E-state index contributed by atoms with van der Waals surface area (Å²) >= 11 is 0. The molecular formula is C30H39N3O2. The maximum absolute atomic E-state index is 6.41. The van der Waals surface area contributed by atoms with E-state index in [2.05, 4.69) is 82.7 Å². The van der Waals surface area contributed by atoms with Crippen molar-refractivity contribution < 1.29 is 9.15 Å². The molecule has 0 spiro atoms. The standard InChI is InChI=1S/C30H39N3O2/c1-2-24-18-19-33(20-27(24)34-22-23-12-6-3-7-13-23)21-28-31-32-30(35-28)29(25-14-8-4-9-15-25)26-16-10-5-11-17-26/h3-4,6-9,12-15,24,26-27,29H,2,5,10-11,16-22H2,1H3. The Hall–Kier alpha value is -2.50. The van der Waals surface area contributed by atoms with Gasteiger partial charge in [0.25, 0.3) is 0 Å². The summed E-state index contributed by atoms with van der Waals surface area (Å²) in [5, 5.41) is 9.10. The Balaban J connectivity index is 1.25. The van der Waals surface area contributed by atoms with Gasteiger partial charge in [0.05, 0.1) is 25.2 Å². The first kappa shape index (κ1) is 24.2. The Bertz CT molecular complexity index is 1020. The SMILES string of the molecule is CCC1CCN(Cc2nnc(C(c3ccccc3)C3CCCCC3)o2)CC1OCc1ccccc1. The number of aromatic nitrogens is 2. The Morgan fingerprint density at radius 1 is 0.943 bits per heavy atom. The Kier molecular flexibility index (Phi) is 8.27. The summed E-state index contributed by atoms with van der Waals surface area (Å²) in [5.41, 5.74) is 2.53. The number of rotatable bonds is 9. The molecule has 5 nitrogen and oxygen atoms in total. The van der Waals surface area contributed by atoms with E-state index in [0.717, 1.165) is 37.7 Å². The molecule has 3 atom stereocenters. The first-order valence-corrected chi connectivity index (χ1v) is 13.5. The fourth-order valence-electron chi connectivity index (χ4n) is 6.00. The molecule has 1 aromatic heterocycles. The van der Waals surface area contributed by atoms with E-state index in [1.165, 1.54) is 43.2 Å². The molecular weight excluding hydrogens is 434 g/mol. The van der Waals surface area contributed by atoms with E-state index >= 15 is 0 Å². The van der Waals surface area contributed by atoms with Crippen molar-refractivity contribution in [3.05, 3.63) is 83.6 Å². The topological polar surface area (TPSA) is 51.4 Å². The highest BCUT2D eigenvalue weighted by atomic mass is 16.5. The molecule has 3 unspecified atom stereocenters. The molecule has 1 aliphatic carbocycles. The smallest absolute Gasteiger partial charge is 0.230 e. The molecule has 35 heavy (non-hydrogen) atoms. The number of ether oxygens (including phenoxy) is 1. The van der Waals surface area contributed by atoms with Gasteiger partial charge in [-0.25, -0.2) is 0 Å². The second-order valence-corrected chi connectivity index (χ2v) is 10.3. The zero-order valence-electron chi connectivity index (χ0n) is 21.0. The van der Waals surface area contributed by atoms with Crippen molar-refractivity contribution in [3.63, 3.8) is 0 Å². The van der Waals surface area contributed by atoms with Crippen LogP contribution in [0.15, 0.2) is 65.1 Å². The fraction of sp³-hybridized carbons (Fsp3) is 0.533. The van der Waals surface area contributed by atoms with Gasteiger partial charge in [-0.05, 0) is 48.8 Å². The summed E-state index contributed by atoms with van der Waals surface area (Å²) in [5.74, 6) is 2.90. The molecule has 0 N–H and O–H groups in total. The lowest BCUT2D eigenvalue weighted by molar-refractivity contribution is -0.0508. The molecule has 0 bridgehead atoms. The van der Waals surface area contributed by atoms with E-state index in [-0.39, 0.29) is 12.0 Å². The highest BCUT2D eigenvalue weighted by molar-refractivity contribution is 5.25. The molecule has 2 heterocycles. The molecule has 5 heteroatoms. The summed E-state index contributed by atoms with van der Waals surface area (Å²) in [6, 6.07) is 21.2. The normalized spacial score (nSPS) is 22.8. The van der Waals surface area contributed by atoms with Crippen LogP contribution >= 0.6 is 0 Å². The Labute approximate surface area is 209 Å². The molecule has 2 aliphatic rings. The number of hydrogen-bond acceptors (Lipinski definition) is 5. The zero-order valence-corrected chi connectivity index (χ0v) is 21.0. The Morgan fingerprint density at radius 3 is 2.43 bits per heavy atom. The number of hydrogen-bond donors (Lipinski definition) is 0. The van der Waals surface area contributed by atoms with Gasteiger partial charge in [0, 0.05) is 6.54 Å². The predicted octanol–water partition coefficient (Wildman–Crippen LogP) is 6.60. The molecule has 3 aromatic rings. The summed E-state index contributed by atoms with van der Waals surface area (Å²) < 4.78 is 12.8. The first-order chi connectivity index (χ1) is 17.3. The van der Waals surface area contributed by atoms with Crippen molar-refractivity contribution in [1.29, 1.82) is 0 Å². The molecule has 5 rings (SSSR count). The van der Waals surface area contributed by atoms with Gasteiger partial charge in [-0.1, -0.05) is 93.3 Å². The number of likely N-dealkylation sites (tertiary alicyclic amines) is 1. The lowest BCUT2D eigenvalue weighted by Gasteiger charge is -2.37. The average Bonchev–Trinajstić information content (AvgIpc) is 3.37. The molecule has 0 amide bonds. The van der Waals surface area contributed by atoms with E-state index in [1.807, 2.05) is 0 Å². The monoisotopic (exact) mass is 473 g/mol. The fourth-order valence-corrected chi connectivity index (χ4v) is 6.00. The Morgan fingerprint density at radius 2 is 1.69 bits per heavy atom. The highest BCUT2D eigenvalue weighted by Crippen LogP contribution is 2.40. The molecule has 0 radical (unpaired) electrons. The van der Waals surface area contributed by atoms with Gasteiger partial charge < -0.3 is 9.15 Å². The third-order valence-electron chi connectivity index (χ3n) is 8.00. The van der Waals surface area contributed by atoms with Crippen LogP contribution in [-0.2, 0) is 17.9 Å². The molecule has 1 aliphatic heterocycles. The summed E-state index contributed by atoms with van der Waals surface area (Å²) in [4.78, 5) is 2.43. The minimum absolute atomic E-state index is 0.200. The van der Waals surface area contributed by atoms with Crippen LogP contribution < -0.4 is 0 Å². The van der Waals surface area contributed by atoms with Crippen LogP contribution in [-0.4, -0.2) is 34.3 Å². The maximum atomic E-state index is 6.41. The largest absolute Gasteiger partial charge is 0.423 e. The van der Waals surface area contributed by atoms with Crippen molar-refractivity contribution in [1.82, 2.24) is 15.1 Å². The number of benzene rings is 2. The van der Waals surface area contributed by atoms with Crippen LogP contribution in [0.4, 0.5) is 0 Å². The average molecular weight is 474 g/mol. The van der Waals surface area contributed by atoms with Gasteiger partial charge in [-0.2, -0.15) is 0 Å². The van der Waals surface area contributed by atoms with Crippen LogP contribution in [0.1, 0.15) is 80.7 Å². The lowest BCUT2D eigenvalue weighted by atomic mass is 9.77. The summed E-state index contributed by atoms with van der Waals surface area (Å²) in [6.45, 7) is 5.60. The van der Waals surface area contributed by atoms with Crippen LogP contribution in [0.5, 0.6) is 0 Å². The second kappa shape index (κ2) is 12.0. The van der Waals surface area contributed by atoms with Gasteiger partial charge in [-0.3, -0.25) is 4.90 Å². The number of piperidine rings is 1. The van der Waals surface area contributed by atoms with Gasteiger partial charge in [-0.15, -0.1) is 10.2 Å². The van der Waals surface area contributed by atoms with Crippen molar-refractivity contribution in [2.75, 3.05) is 13.1 Å². The van der Waals surface area contributed by atoms with E-state index in [1.54, 1.807) is 0 Å². The molecule has 1 saturated heterocycles. The second-order valence-electron chi connectivity index (χ2n) is 10.3. The quantitative estimate of drug-likeness (QED) is 0.350. The van der Waals surface area contributed by atoms with E-state index in [4.69, 9.17) is 9.15 Å². The van der Waals surface area contributed by atoms with Crippen LogP contribution in [0.25, 0.3) is 0 Å². The van der Waals surface area contributed by atoms with Crippen LogP contribution in [0.3, 0.4) is 0 Å². The molecule has 186 valence electrons. The summed E-state index contributed by atoms with van der Waals surface area (Å²) in [7, 11) is 0. The first-order valence-electron chi connectivity index (χ1n) is 13.5. The molecule has 2 fully saturated rings. The zero-order chi connectivity index (χ0) is 23.9. The van der Waals surface area contributed by atoms with Gasteiger partial charge in [0.1, 0.15) is 0 Å². The summed E-state index contributed by atoms with van der Waals surface area (Å²) in [6.07, 6.45) is 8.94. The third-order valence-corrected chi connectivity index (χ3v) is 8.00. The van der Waals surface area contributed by atoms with Crippen molar-refractivity contribution >= 4 is 0 Å². The molecule has 2 aromatic carbocycles. The minimum Gasteiger partial charge on any atom is -0.423 e. The van der Waals surface area contributed by atoms with Crippen molar-refractivity contribution in [2.24, 2.45) is 11.8 Å². The van der Waals surface area contributed by atoms with Crippen LogP contribution in [0, 0.1) is 11.8 Å².